The molecule has 0 amide bonds. The molecule has 0 spiro atoms. The highest BCUT2D eigenvalue weighted by atomic mass is 19.1. The van der Waals surface area contributed by atoms with E-state index in [1.54, 1.807) is 13.0 Å². The second-order valence-corrected chi connectivity index (χ2v) is 3.59. The zero-order valence-electron chi connectivity index (χ0n) is 10.6. The fourth-order valence-corrected chi connectivity index (χ4v) is 1.35. The summed E-state index contributed by atoms with van der Waals surface area (Å²) in [7, 11) is 0. The lowest BCUT2D eigenvalue weighted by atomic mass is 10.2. The Balaban J connectivity index is 2.27. The zero-order chi connectivity index (χ0) is 14.1. The van der Waals surface area contributed by atoms with E-state index in [1.807, 2.05) is 0 Å². The third kappa shape index (κ3) is 5.36. The molecule has 1 N–H and O–H groups in total. The number of carbonyl (C=O) groups is 1. The number of esters is 1. The third-order valence-electron chi connectivity index (χ3n) is 2.19. The summed E-state index contributed by atoms with van der Waals surface area (Å²) in [6.07, 6.45) is 0. The van der Waals surface area contributed by atoms with Crippen molar-refractivity contribution in [2.45, 2.75) is 6.92 Å². The van der Waals surface area contributed by atoms with Crippen LogP contribution in [0.4, 0.5) is 10.1 Å². The van der Waals surface area contributed by atoms with Crippen LogP contribution in [0.2, 0.25) is 0 Å². The number of anilines is 1. The number of carbonyl (C=O) groups excluding carboxylic acids is 1. The number of halogens is 1. The van der Waals surface area contributed by atoms with E-state index in [1.165, 1.54) is 18.2 Å². The van der Waals surface area contributed by atoms with Gasteiger partial charge in [-0.05, 0) is 25.1 Å². The van der Waals surface area contributed by atoms with E-state index in [0.29, 0.717) is 25.4 Å². The van der Waals surface area contributed by atoms with Crippen LogP contribution in [0, 0.1) is 17.1 Å². The number of nitriles is 1. The molecule has 19 heavy (non-hydrogen) atoms. The molecule has 1 rings (SSSR count). The molecule has 6 heteroatoms. The van der Waals surface area contributed by atoms with Crippen LogP contribution in [0.25, 0.3) is 0 Å². The van der Waals surface area contributed by atoms with E-state index in [0.717, 1.165) is 0 Å². The quantitative estimate of drug-likeness (QED) is 0.600. The molecule has 1 aromatic carbocycles. The van der Waals surface area contributed by atoms with Crippen molar-refractivity contribution in [3.8, 4) is 6.07 Å². The molecule has 0 fully saturated rings. The highest BCUT2D eigenvalue weighted by molar-refractivity contribution is 5.70. The average molecular weight is 266 g/mol. The fourth-order valence-electron chi connectivity index (χ4n) is 1.35. The summed E-state index contributed by atoms with van der Waals surface area (Å²) in [4.78, 5) is 11.0. The van der Waals surface area contributed by atoms with Gasteiger partial charge in [0.15, 0.2) is 0 Å². The molecule has 0 bridgehead atoms. The van der Waals surface area contributed by atoms with Gasteiger partial charge >= 0.3 is 5.97 Å². The first-order chi connectivity index (χ1) is 9.17. The Kier molecular flexibility index (Phi) is 6.33. The Bertz CT molecular complexity index is 471. The predicted molar refractivity (Wildman–Crippen MR) is 67.1 cm³/mol. The number of benzene rings is 1. The standard InChI is InChI=1S/C13H15FN2O3/c1-2-19-13(17)9-18-6-5-16-11-3-4-12(14)10(7-11)8-15/h3-4,7,16H,2,5-6,9H2,1H3. The molecule has 0 aliphatic carbocycles. The SMILES string of the molecule is CCOC(=O)COCCNc1ccc(F)c(C#N)c1. The first kappa shape index (κ1) is 14.9. The number of ether oxygens (including phenoxy) is 2. The minimum Gasteiger partial charge on any atom is -0.464 e. The van der Waals surface area contributed by atoms with Crippen LogP contribution < -0.4 is 5.32 Å². The second-order valence-electron chi connectivity index (χ2n) is 3.59. The van der Waals surface area contributed by atoms with E-state index in [4.69, 9.17) is 10.00 Å². The van der Waals surface area contributed by atoms with E-state index in [9.17, 15) is 9.18 Å². The maximum absolute atomic E-state index is 13.0. The van der Waals surface area contributed by atoms with Crippen molar-refractivity contribution in [2.24, 2.45) is 0 Å². The monoisotopic (exact) mass is 266 g/mol. The highest BCUT2D eigenvalue weighted by Gasteiger charge is 2.03. The van der Waals surface area contributed by atoms with Gasteiger partial charge in [-0.15, -0.1) is 0 Å². The van der Waals surface area contributed by atoms with Gasteiger partial charge in [0.05, 0.1) is 18.8 Å². The average Bonchev–Trinajstić information content (AvgIpc) is 2.40. The van der Waals surface area contributed by atoms with E-state index >= 15 is 0 Å². The molecule has 0 atom stereocenters. The molecule has 5 nitrogen and oxygen atoms in total. The van der Waals surface area contributed by atoms with Gasteiger partial charge in [-0.1, -0.05) is 0 Å². The molecular weight excluding hydrogens is 251 g/mol. The van der Waals surface area contributed by atoms with Gasteiger partial charge in [0.2, 0.25) is 0 Å². The van der Waals surface area contributed by atoms with E-state index in [-0.39, 0.29) is 12.2 Å². The van der Waals surface area contributed by atoms with Gasteiger partial charge < -0.3 is 14.8 Å². The summed E-state index contributed by atoms with van der Waals surface area (Å²) < 4.78 is 22.8. The second kappa shape index (κ2) is 8.06. The molecule has 0 aliphatic rings. The van der Waals surface area contributed by atoms with Crippen molar-refractivity contribution in [1.29, 1.82) is 5.26 Å². The van der Waals surface area contributed by atoms with Crippen molar-refractivity contribution >= 4 is 11.7 Å². The van der Waals surface area contributed by atoms with Crippen LogP contribution in [0.15, 0.2) is 18.2 Å². The molecule has 0 aliphatic heterocycles. The maximum Gasteiger partial charge on any atom is 0.332 e. The van der Waals surface area contributed by atoms with Crippen LogP contribution in [0.1, 0.15) is 12.5 Å². The largest absolute Gasteiger partial charge is 0.464 e. The molecule has 0 unspecified atom stereocenters. The van der Waals surface area contributed by atoms with Gasteiger partial charge in [0.25, 0.3) is 0 Å². The Morgan fingerprint density at radius 1 is 1.53 bits per heavy atom. The summed E-state index contributed by atoms with van der Waals surface area (Å²) in [6.45, 7) is 2.70. The summed E-state index contributed by atoms with van der Waals surface area (Å²) in [5.74, 6) is -0.956. The molecular formula is C13H15FN2O3. The summed E-state index contributed by atoms with van der Waals surface area (Å²) >= 11 is 0. The van der Waals surface area contributed by atoms with Crippen molar-refractivity contribution in [1.82, 2.24) is 0 Å². The number of nitrogens with zero attached hydrogens (tertiary/aromatic N) is 1. The van der Waals surface area contributed by atoms with Gasteiger partial charge in [-0.25, -0.2) is 9.18 Å². The molecule has 0 aromatic heterocycles. The lowest BCUT2D eigenvalue weighted by Crippen LogP contribution is -2.16. The Hall–Kier alpha value is -2.13. The van der Waals surface area contributed by atoms with Crippen molar-refractivity contribution in [3.05, 3.63) is 29.6 Å². The van der Waals surface area contributed by atoms with Gasteiger partial charge in [-0.2, -0.15) is 5.26 Å². The first-order valence-electron chi connectivity index (χ1n) is 5.84. The highest BCUT2D eigenvalue weighted by Crippen LogP contribution is 2.13. The molecule has 102 valence electrons. The van der Waals surface area contributed by atoms with E-state index < -0.39 is 11.8 Å². The Morgan fingerprint density at radius 3 is 3.00 bits per heavy atom. The minimum absolute atomic E-state index is 0.0163. The molecule has 0 saturated heterocycles. The van der Waals surface area contributed by atoms with Crippen LogP contribution in [0.3, 0.4) is 0 Å². The first-order valence-corrected chi connectivity index (χ1v) is 5.84. The fraction of sp³-hybridized carbons (Fsp3) is 0.385. The van der Waals surface area contributed by atoms with Crippen molar-refractivity contribution in [2.75, 3.05) is 31.7 Å². The minimum atomic E-state index is -0.549. The van der Waals surface area contributed by atoms with E-state index in [2.05, 4.69) is 10.1 Å². The predicted octanol–water partition coefficient (Wildman–Crippen LogP) is 1.69. The Labute approximate surface area is 110 Å². The zero-order valence-corrected chi connectivity index (χ0v) is 10.6. The molecule has 0 saturated carbocycles. The van der Waals surface area contributed by atoms with Crippen molar-refractivity contribution < 1.29 is 18.7 Å². The normalized spacial score (nSPS) is 9.74. The maximum atomic E-state index is 13.0. The number of rotatable bonds is 7. The van der Waals surface area contributed by atoms with Gasteiger partial charge in [0, 0.05) is 12.2 Å². The summed E-state index contributed by atoms with van der Waals surface area (Å²) in [5.41, 5.74) is 0.607. The van der Waals surface area contributed by atoms with Crippen LogP contribution >= 0.6 is 0 Å². The van der Waals surface area contributed by atoms with Crippen LogP contribution in [-0.4, -0.2) is 32.3 Å². The number of nitrogens with one attached hydrogen (secondary N) is 1. The molecule has 0 radical (unpaired) electrons. The van der Waals surface area contributed by atoms with Crippen LogP contribution in [-0.2, 0) is 14.3 Å². The summed E-state index contributed by atoms with van der Waals surface area (Å²) in [6, 6.07) is 5.93. The smallest absolute Gasteiger partial charge is 0.332 e. The van der Waals surface area contributed by atoms with Gasteiger partial charge in [-0.3, -0.25) is 0 Å². The number of hydrogen-bond acceptors (Lipinski definition) is 5. The van der Waals surface area contributed by atoms with Crippen molar-refractivity contribution in [3.63, 3.8) is 0 Å². The lowest BCUT2D eigenvalue weighted by Gasteiger charge is -2.07. The van der Waals surface area contributed by atoms with Gasteiger partial charge in [0.1, 0.15) is 18.5 Å². The topological polar surface area (TPSA) is 71.3 Å². The van der Waals surface area contributed by atoms with Crippen LogP contribution in [0.5, 0.6) is 0 Å². The summed E-state index contributed by atoms with van der Waals surface area (Å²) in [5, 5.41) is 11.6. The lowest BCUT2D eigenvalue weighted by molar-refractivity contribution is -0.148. The third-order valence-corrected chi connectivity index (χ3v) is 2.19. The number of hydrogen-bond donors (Lipinski definition) is 1. The molecule has 1 aromatic rings. The Morgan fingerprint density at radius 2 is 2.32 bits per heavy atom. The molecule has 0 heterocycles.